The van der Waals surface area contributed by atoms with Crippen molar-refractivity contribution in [3.05, 3.63) is 0 Å². The summed E-state index contributed by atoms with van der Waals surface area (Å²) in [7, 11) is -9.94. The molecule has 19 heteroatoms. The zero-order chi connectivity index (χ0) is 80.2. The van der Waals surface area contributed by atoms with E-state index in [1.165, 1.54) is 270 Å². The molecule has 3 N–H and O–H groups in total. The normalized spacial score (nSPS) is 14.6. The van der Waals surface area contributed by atoms with Gasteiger partial charge in [-0.1, -0.05) is 421 Å². The molecule has 5 unspecified atom stereocenters. The van der Waals surface area contributed by atoms with Crippen LogP contribution in [0.5, 0.6) is 0 Å². The van der Waals surface area contributed by atoms with Gasteiger partial charge in [-0.25, -0.2) is 9.13 Å². The molecular weight excluding hydrogens is 1410 g/mol. The monoisotopic (exact) mass is 1590 g/mol. The Morgan fingerprint density at radius 3 is 0.651 bits per heavy atom. The molecule has 0 heterocycles. The lowest BCUT2D eigenvalue weighted by molar-refractivity contribution is -0.161. The summed E-state index contributed by atoms with van der Waals surface area (Å²) in [5.74, 6) is 1.16. The van der Waals surface area contributed by atoms with E-state index in [0.29, 0.717) is 25.7 Å². The minimum absolute atomic E-state index is 0.107. The van der Waals surface area contributed by atoms with E-state index in [2.05, 4.69) is 55.4 Å². The lowest BCUT2D eigenvalue weighted by atomic mass is 9.99. The van der Waals surface area contributed by atoms with Crippen LogP contribution in [0.3, 0.4) is 0 Å². The van der Waals surface area contributed by atoms with Gasteiger partial charge in [0.15, 0.2) is 12.2 Å². The van der Waals surface area contributed by atoms with Crippen molar-refractivity contribution in [2.24, 2.45) is 23.7 Å². The summed E-state index contributed by atoms with van der Waals surface area (Å²) < 4.78 is 69.0. The molecule has 0 fully saturated rings. The van der Waals surface area contributed by atoms with Crippen LogP contribution >= 0.6 is 15.6 Å². The Balaban J connectivity index is 5.22. The van der Waals surface area contributed by atoms with E-state index in [1.807, 2.05) is 0 Å². The van der Waals surface area contributed by atoms with Crippen LogP contribution in [0.2, 0.25) is 0 Å². The predicted octanol–water partition coefficient (Wildman–Crippen LogP) is 27.5. The molecule has 648 valence electrons. The second kappa shape index (κ2) is 78.6. The summed E-state index contributed by atoms with van der Waals surface area (Å²) in [4.78, 5) is 73.4. The molecule has 0 spiro atoms. The molecule has 0 aromatic carbocycles. The van der Waals surface area contributed by atoms with Crippen molar-refractivity contribution in [2.75, 3.05) is 39.6 Å². The Hall–Kier alpha value is -1.94. The van der Waals surface area contributed by atoms with Gasteiger partial charge < -0.3 is 33.8 Å². The van der Waals surface area contributed by atoms with Gasteiger partial charge in [0.1, 0.15) is 19.3 Å². The summed E-state index contributed by atoms with van der Waals surface area (Å²) in [5.41, 5.74) is 0. The number of esters is 4. The Morgan fingerprint density at radius 2 is 0.440 bits per heavy atom. The molecule has 0 saturated carbocycles. The molecule has 8 atom stereocenters. The Morgan fingerprint density at radius 1 is 0.257 bits per heavy atom. The first kappa shape index (κ1) is 107. The van der Waals surface area contributed by atoms with Gasteiger partial charge in [-0.05, 0) is 49.4 Å². The Bertz CT molecular complexity index is 2120. The van der Waals surface area contributed by atoms with Crippen LogP contribution in [0.15, 0.2) is 0 Å². The molecule has 0 aromatic heterocycles. The summed E-state index contributed by atoms with van der Waals surface area (Å²) in [5, 5.41) is 10.7. The first-order valence-electron chi connectivity index (χ1n) is 46.3. The largest absolute Gasteiger partial charge is 0.472 e. The van der Waals surface area contributed by atoms with Gasteiger partial charge in [-0.2, -0.15) is 0 Å². The minimum atomic E-state index is -4.97. The van der Waals surface area contributed by atoms with E-state index in [0.717, 1.165) is 120 Å². The number of unbranched alkanes of at least 4 members (excludes halogenated alkanes) is 50. The van der Waals surface area contributed by atoms with Crippen molar-refractivity contribution in [3.8, 4) is 0 Å². The lowest BCUT2D eigenvalue weighted by Gasteiger charge is -2.21. The molecule has 17 nitrogen and oxygen atoms in total. The van der Waals surface area contributed by atoms with Gasteiger partial charge >= 0.3 is 39.5 Å². The van der Waals surface area contributed by atoms with Crippen LogP contribution in [-0.2, 0) is 65.4 Å². The smallest absolute Gasteiger partial charge is 0.462 e. The number of ether oxygens (including phenoxy) is 4. The molecular formula is C90H176O17P2. The number of phosphoric acid groups is 2. The maximum atomic E-state index is 13.2. The first-order valence-corrected chi connectivity index (χ1v) is 49.3. The second-order valence-electron chi connectivity index (χ2n) is 33.5. The predicted molar refractivity (Wildman–Crippen MR) is 451 cm³/mol. The molecule has 0 radical (unpaired) electrons. The van der Waals surface area contributed by atoms with Gasteiger partial charge in [-0.15, -0.1) is 0 Å². The number of rotatable bonds is 87. The van der Waals surface area contributed by atoms with Gasteiger partial charge in [0, 0.05) is 25.7 Å². The van der Waals surface area contributed by atoms with Gasteiger partial charge in [0.25, 0.3) is 0 Å². The van der Waals surface area contributed by atoms with E-state index in [9.17, 15) is 43.2 Å². The average molecular weight is 1590 g/mol. The molecule has 0 aliphatic heterocycles. The molecule has 0 saturated heterocycles. The Labute approximate surface area is 670 Å². The van der Waals surface area contributed by atoms with Crippen molar-refractivity contribution >= 4 is 39.5 Å². The molecule has 109 heavy (non-hydrogen) atoms. The zero-order valence-electron chi connectivity index (χ0n) is 72.2. The van der Waals surface area contributed by atoms with E-state index < -0.39 is 97.5 Å². The zero-order valence-corrected chi connectivity index (χ0v) is 74.0. The summed E-state index contributed by atoms with van der Waals surface area (Å²) in [6.45, 7) is 14.4. The molecule has 0 aromatic rings. The van der Waals surface area contributed by atoms with Crippen LogP contribution in [0.1, 0.15) is 473 Å². The fraction of sp³-hybridized carbons (Fsp3) is 0.956. The maximum Gasteiger partial charge on any atom is 0.472 e. The number of carbonyl (C=O) groups is 4. The van der Waals surface area contributed by atoms with Crippen molar-refractivity contribution in [3.63, 3.8) is 0 Å². The van der Waals surface area contributed by atoms with Crippen LogP contribution in [0.4, 0.5) is 0 Å². The molecule has 0 aliphatic carbocycles. The SMILES string of the molecule is CCC(C)CCCCCCCCCCCCCCCCCCCCC(=O)OC[C@H](COP(=O)(O)OC[C@@H](O)COP(=O)(O)OC[C@@H](COC(=O)CCCCCCCCC(C)CC)OC(=O)CCCCCCCCCCCCCCCCCCC(C)C)OC(=O)CCCCCCCCCCCCCCCCC(C)CC. The highest BCUT2D eigenvalue weighted by Gasteiger charge is 2.31. The number of aliphatic hydroxyl groups excluding tert-OH is 1. The van der Waals surface area contributed by atoms with Gasteiger partial charge in [0.2, 0.25) is 0 Å². The van der Waals surface area contributed by atoms with Crippen LogP contribution < -0.4 is 0 Å². The highest BCUT2D eigenvalue weighted by molar-refractivity contribution is 7.47. The van der Waals surface area contributed by atoms with Crippen molar-refractivity contribution in [1.82, 2.24) is 0 Å². The highest BCUT2D eigenvalue weighted by atomic mass is 31.2. The average Bonchev–Trinajstić information content (AvgIpc) is 0.899. The van der Waals surface area contributed by atoms with E-state index in [-0.39, 0.29) is 25.7 Å². The summed E-state index contributed by atoms with van der Waals surface area (Å²) in [6, 6.07) is 0. The van der Waals surface area contributed by atoms with Crippen LogP contribution in [-0.4, -0.2) is 96.7 Å². The molecule has 0 rings (SSSR count). The fourth-order valence-corrected chi connectivity index (χ4v) is 15.5. The van der Waals surface area contributed by atoms with E-state index in [1.54, 1.807) is 0 Å². The van der Waals surface area contributed by atoms with E-state index in [4.69, 9.17) is 37.0 Å². The van der Waals surface area contributed by atoms with Gasteiger partial charge in [-0.3, -0.25) is 37.3 Å². The third-order valence-corrected chi connectivity index (χ3v) is 24.1. The number of phosphoric ester groups is 2. The quantitative estimate of drug-likeness (QED) is 0.0222. The summed E-state index contributed by atoms with van der Waals surface area (Å²) >= 11 is 0. The van der Waals surface area contributed by atoms with Crippen molar-refractivity contribution in [2.45, 2.75) is 491 Å². The third kappa shape index (κ3) is 79.7. The van der Waals surface area contributed by atoms with Crippen LogP contribution in [0, 0.1) is 23.7 Å². The Kier molecular flexibility index (Phi) is 77.2. The topological polar surface area (TPSA) is 237 Å². The van der Waals surface area contributed by atoms with Crippen molar-refractivity contribution < 1.29 is 80.2 Å². The second-order valence-corrected chi connectivity index (χ2v) is 36.5. The number of hydrogen-bond donors (Lipinski definition) is 3. The van der Waals surface area contributed by atoms with E-state index >= 15 is 0 Å². The maximum absolute atomic E-state index is 13.2. The lowest BCUT2D eigenvalue weighted by Crippen LogP contribution is -2.30. The number of aliphatic hydroxyl groups is 1. The standard InChI is InChI=1S/C90H176O17P2/c1-9-81(6)67-59-51-43-37-31-25-19-14-12-13-15-20-27-33-39-45-54-62-70-87(92)100-76-85(106-89(94)72-65-57-47-41-35-29-23-22-26-32-38-44-52-60-68-82(7)10-2)78-104-108(96,97)102-74-84(91)75-103-109(98,99)105-79-86(77-101-88(93)71-63-55-49-48-53-61-69-83(8)11-3)107-90(95)73-64-56-46-40-34-28-21-17-16-18-24-30-36-42-50-58-66-80(4)5/h80-86,91H,9-79H2,1-8H3,(H,96,97)(H,98,99)/t81?,82?,83?,84-,85-,86-/m1/s1. The third-order valence-electron chi connectivity index (χ3n) is 22.2. The molecule has 0 aliphatic rings. The minimum Gasteiger partial charge on any atom is -0.462 e. The van der Waals surface area contributed by atoms with Crippen molar-refractivity contribution in [1.29, 1.82) is 0 Å². The summed E-state index contributed by atoms with van der Waals surface area (Å²) in [6.07, 6.45) is 69.4. The number of carbonyl (C=O) groups excluding carboxylic acids is 4. The molecule has 0 amide bonds. The first-order chi connectivity index (χ1) is 52.7. The fourth-order valence-electron chi connectivity index (χ4n) is 13.9. The highest BCUT2D eigenvalue weighted by Crippen LogP contribution is 2.45. The van der Waals surface area contributed by atoms with Crippen LogP contribution in [0.25, 0.3) is 0 Å². The van der Waals surface area contributed by atoms with Gasteiger partial charge in [0.05, 0.1) is 26.4 Å². The molecule has 0 bridgehead atoms. The number of hydrogen-bond acceptors (Lipinski definition) is 15.